The number of anilines is 1. The van der Waals surface area contributed by atoms with Crippen LogP contribution in [0.2, 0.25) is 0 Å². The van der Waals surface area contributed by atoms with E-state index in [4.69, 9.17) is 0 Å². The standard InChI is InChI=1S/C19H19N3O2/c23-22(24)18-10-5-13-20-19(18)21-14-11-17(12-15-21)9-4-8-16-6-2-1-3-7-16/h1-10,13H,11-12,14-15H2/b8-4+. The van der Waals surface area contributed by atoms with Crippen molar-refractivity contribution >= 4 is 17.6 Å². The first-order valence-corrected chi connectivity index (χ1v) is 7.99. The molecule has 1 saturated heterocycles. The van der Waals surface area contributed by atoms with Crippen molar-refractivity contribution in [2.75, 3.05) is 18.0 Å². The summed E-state index contributed by atoms with van der Waals surface area (Å²) >= 11 is 0. The molecule has 24 heavy (non-hydrogen) atoms. The normalized spacial score (nSPS) is 14.8. The second-order valence-electron chi connectivity index (χ2n) is 5.69. The van der Waals surface area contributed by atoms with E-state index >= 15 is 0 Å². The zero-order valence-corrected chi connectivity index (χ0v) is 13.3. The largest absolute Gasteiger partial charge is 0.350 e. The summed E-state index contributed by atoms with van der Waals surface area (Å²) in [6, 6.07) is 13.3. The number of rotatable bonds is 4. The monoisotopic (exact) mass is 321 g/mol. The molecule has 0 amide bonds. The topological polar surface area (TPSA) is 59.3 Å². The molecule has 2 heterocycles. The zero-order valence-electron chi connectivity index (χ0n) is 13.3. The van der Waals surface area contributed by atoms with E-state index in [0.29, 0.717) is 5.82 Å². The summed E-state index contributed by atoms with van der Waals surface area (Å²) in [6.07, 6.45) is 9.71. The van der Waals surface area contributed by atoms with Crippen molar-refractivity contribution in [1.29, 1.82) is 0 Å². The van der Waals surface area contributed by atoms with Gasteiger partial charge >= 0.3 is 5.69 Å². The van der Waals surface area contributed by atoms with Gasteiger partial charge in [-0.2, -0.15) is 0 Å². The molecule has 0 radical (unpaired) electrons. The number of piperidine rings is 1. The van der Waals surface area contributed by atoms with Crippen molar-refractivity contribution in [2.24, 2.45) is 0 Å². The third-order valence-electron chi connectivity index (χ3n) is 4.09. The number of benzene rings is 1. The lowest BCUT2D eigenvalue weighted by molar-refractivity contribution is -0.384. The van der Waals surface area contributed by atoms with Crippen molar-refractivity contribution in [1.82, 2.24) is 4.98 Å². The third kappa shape index (κ3) is 3.87. The summed E-state index contributed by atoms with van der Waals surface area (Å²) in [7, 11) is 0. The molecule has 1 aliphatic heterocycles. The van der Waals surface area contributed by atoms with Crippen LogP contribution in [-0.2, 0) is 0 Å². The Bertz CT molecular complexity index is 759. The van der Waals surface area contributed by atoms with Gasteiger partial charge in [-0.1, -0.05) is 54.1 Å². The maximum absolute atomic E-state index is 11.1. The average molecular weight is 321 g/mol. The second kappa shape index (κ2) is 7.55. The van der Waals surface area contributed by atoms with Crippen LogP contribution in [0, 0.1) is 10.1 Å². The number of hydrogen-bond donors (Lipinski definition) is 0. The van der Waals surface area contributed by atoms with Crippen LogP contribution in [0.15, 0.2) is 66.4 Å². The molecule has 1 aromatic heterocycles. The highest BCUT2D eigenvalue weighted by Crippen LogP contribution is 2.28. The first-order valence-electron chi connectivity index (χ1n) is 7.99. The second-order valence-corrected chi connectivity index (χ2v) is 5.69. The van der Waals surface area contributed by atoms with Crippen LogP contribution in [0.5, 0.6) is 0 Å². The number of pyridine rings is 1. The van der Waals surface area contributed by atoms with E-state index in [2.05, 4.69) is 35.3 Å². The minimum absolute atomic E-state index is 0.0777. The first kappa shape index (κ1) is 15.9. The molecule has 0 saturated carbocycles. The Morgan fingerprint density at radius 1 is 1.08 bits per heavy atom. The van der Waals surface area contributed by atoms with Crippen LogP contribution >= 0.6 is 0 Å². The predicted octanol–water partition coefficient (Wildman–Crippen LogP) is 4.23. The Hall–Kier alpha value is -2.95. The molecule has 122 valence electrons. The molecule has 1 aliphatic rings. The number of nitrogens with zero attached hydrogens (tertiary/aromatic N) is 3. The summed E-state index contributed by atoms with van der Waals surface area (Å²) < 4.78 is 0. The van der Waals surface area contributed by atoms with Gasteiger partial charge < -0.3 is 4.90 Å². The summed E-state index contributed by atoms with van der Waals surface area (Å²) in [6.45, 7) is 1.51. The minimum Gasteiger partial charge on any atom is -0.350 e. The number of allylic oxidation sites excluding steroid dienone is 2. The van der Waals surface area contributed by atoms with Crippen molar-refractivity contribution < 1.29 is 4.92 Å². The Morgan fingerprint density at radius 3 is 2.54 bits per heavy atom. The van der Waals surface area contributed by atoms with E-state index in [1.165, 1.54) is 17.2 Å². The van der Waals surface area contributed by atoms with Crippen molar-refractivity contribution in [3.05, 3.63) is 82.1 Å². The SMILES string of the molecule is O=[N+]([O-])c1cccnc1N1CCC(=C/C=C/c2ccccc2)CC1. The molecule has 5 nitrogen and oxygen atoms in total. The van der Waals surface area contributed by atoms with Gasteiger partial charge in [0.1, 0.15) is 0 Å². The van der Waals surface area contributed by atoms with E-state index in [9.17, 15) is 10.1 Å². The molecule has 0 bridgehead atoms. The first-order chi connectivity index (χ1) is 11.7. The van der Waals surface area contributed by atoms with Gasteiger partial charge in [0.05, 0.1) is 4.92 Å². The predicted molar refractivity (Wildman–Crippen MR) is 95.9 cm³/mol. The van der Waals surface area contributed by atoms with Gasteiger partial charge in [0.15, 0.2) is 0 Å². The lowest BCUT2D eigenvalue weighted by Crippen LogP contribution is -2.31. The summed E-state index contributed by atoms with van der Waals surface area (Å²) in [5.74, 6) is 0.473. The minimum atomic E-state index is -0.365. The van der Waals surface area contributed by atoms with E-state index in [1.807, 2.05) is 23.1 Å². The summed E-state index contributed by atoms with van der Waals surface area (Å²) in [5, 5.41) is 11.1. The Balaban J connectivity index is 1.63. The van der Waals surface area contributed by atoms with E-state index in [1.54, 1.807) is 12.3 Å². The molecule has 5 heteroatoms. The third-order valence-corrected chi connectivity index (χ3v) is 4.09. The number of hydrogen-bond acceptors (Lipinski definition) is 4. The van der Waals surface area contributed by atoms with Gasteiger partial charge in [0, 0.05) is 25.4 Å². The molecule has 0 unspecified atom stereocenters. The maximum atomic E-state index is 11.1. The molecular formula is C19H19N3O2. The van der Waals surface area contributed by atoms with Crippen LogP contribution in [0.3, 0.4) is 0 Å². The fraction of sp³-hybridized carbons (Fsp3) is 0.211. The molecule has 1 aromatic carbocycles. The molecule has 1 fully saturated rings. The van der Waals surface area contributed by atoms with E-state index in [-0.39, 0.29) is 10.6 Å². The van der Waals surface area contributed by atoms with Crippen molar-refractivity contribution in [3.63, 3.8) is 0 Å². The van der Waals surface area contributed by atoms with Crippen molar-refractivity contribution in [3.8, 4) is 0 Å². The molecule has 0 N–H and O–H groups in total. The number of aromatic nitrogens is 1. The Kier molecular flexibility index (Phi) is 5.01. The molecule has 0 atom stereocenters. The Labute approximate surface area is 141 Å². The average Bonchev–Trinajstić information content (AvgIpc) is 2.63. The van der Waals surface area contributed by atoms with E-state index in [0.717, 1.165) is 25.9 Å². The van der Waals surface area contributed by atoms with Crippen LogP contribution in [-0.4, -0.2) is 23.0 Å². The lowest BCUT2D eigenvalue weighted by atomic mass is 10.0. The zero-order chi connectivity index (χ0) is 16.8. The highest BCUT2D eigenvalue weighted by molar-refractivity contribution is 5.58. The molecular weight excluding hydrogens is 302 g/mol. The fourth-order valence-corrected chi connectivity index (χ4v) is 2.81. The Morgan fingerprint density at radius 2 is 1.83 bits per heavy atom. The lowest BCUT2D eigenvalue weighted by Gasteiger charge is -2.28. The van der Waals surface area contributed by atoms with Crippen LogP contribution in [0.25, 0.3) is 6.08 Å². The van der Waals surface area contributed by atoms with Gasteiger partial charge in [-0.15, -0.1) is 0 Å². The van der Waals surface area contributed by atoms with Crippen LogP contribution < -0.4 is 4.90 Å². The van der Waals surface area contributed by atoms with Crippen LogP contribution in [0.4, 0.5) is 11.5 Å². The van der Waals surface area contributed by atoms with Gasteiger partial charge in [0.2, 0.25) is 5.82 Å². The van der Waals surface area contributed by atoms with Crippen molar-refractivity contribution in [2.45, 2.75) is 12.8 Å². The van der Waals surface area contributed by atoms with Gasteiger partial charge in [-0.3, -0.25) is 10.1 Å². The van der Waals surface area contributed by atoms with Gasteiger partial charge in [-0.05, 0) is 24.5 Å². The fourth-order valence-electron chi connectivity index (χ4n) is 2.81. The molecule has 3 rings (SSSR count). The number of nitro groups is 1. The smallest absolute Gasteiger partial charge is 0.311 e. The maximum Gasteiger partial charge on any atom is 0.311 e. The quantitative estimate of drug-likeness (QED) is 0.624. The molecule has 2 aromatic rings. The highest BCUT2D eigenvalue weighted by Gasteiger charge is 2.22. The van der Waals surface area contributed by atoms with Crippen LogP contribution in [0.1, 0.15) is 18.4 Å². The molecule has 0 spiro atoms. The summed E-state index contributed by atoms with van der Waals surface area (Å²) in [4.78, 5) is 17.0. The summed E-state index contributed by atoms with van der Waals surface area (Å²) in [5.41, 5.74) is 2.61. The highest BCUT2D eigenvalue weighted by atomic mass is 16.6. The van der Waals surface area contributed by atoms with Gasteiger partial charge in [-0.25, -0.2) is 4.98 Å². The molecule has 0 aliphatic carbocycles. The van der Waals surface area contributed by atoms with E-state index < -0.39 is 0 Å². The van der Waals surface area contributed by atoms with Gasteiger partial charge in [0.25, 0.3) is 0 Å².